The lowest BCUT2D eigenvalue weighted by molar-refractivity contribution is -0.135. The predicted molar refractivity (Wildman–Crippen MR) is 76.6 cm³/mol. The second kappa shape index (κ2) is 7.16. The zero-order valence-corrected chi connectivity index (χ0v) is 12.3. The average molecular weight is 300 g/mol. The van der Waals surface area contributed by atoms with Gasteiger partial charge in [0, 0.05) is 19.5 Å². The molecular weight excluding hydrogens is 281 g/mol. The van der Waals surface area contributed by atoms with Crippen LogP contribution < -0.4 is 0 Å². The van der Waals surface area contributed by atoms with Crippen LogP contribution in [0.25, 0.3) is 0 Å². The highest BCUT2D eigenvalue weighted by Crippen LogP contribution is 2.19. The molecule has 0 bridgehead atoms. The first-order valence-electron chi connectivity index (χ1n) is 6.91. The van der Waals surface area contributed by atoms with E-state index in [-0.39, 0.29) is 17.2 Å². The zero-order valence-electron chi connectivity index (χ0n) is 11.6. The summed E-state index contributed by atoms with van der Waals surface area (Å²) in [4.78, 5) is 14.4. The Kier molecular flexibility index (Phi) is 5.52. The van der Waals surface area contributed by atoms with Gasteiger partial charge in [0.2, 0.25) is 0 Å². The minimum atomic E-state index is -0.510. The van der Waals surface area contributed by atoms with Crippen molar-refractivity contribution < 1.29 is 13.9 Å². The SMILES string of the molecule is CCCN1CCOC(C(=O)Cc2cccc(Cl)c2F)C1. The minimum absolute atomic E-state index is 0.0248. The second-order valence-corrected chi connectivity index (χ2v) is 5.42. The molecule has 0 saturated carbocycles. The van der Waals surface area contributed by atoms with Crippen LogP contribution in [0.3, 0.4) is 0 Å². The molecule has 1 fully saturated rings. The predicted octanol–water partition coefficient (Wildman–Crippen LogP) is 2.70. The topological polar surface area (TPSA) is 29.5 Å². The molecule has 0 spiro atoms. The molecule has 1 aliphatic heterocycles. The van der Waals surface area contributed by atoms with Gasteiger partial charge in [0.25, 0.3) is 0 Å². The molecule has 0 aromatic heterocycles. The van der Waals surface area contributed by atoms with E-state index in [0.29, 0.717) is 18.7 Å². The molecule has 1 heterocycles. The van der Waals surface area contributed by atoms with Crippen molar-refractivity contribution in [2.24, 2.45) is 0 Å². The molecule has 0 N–H and O–H groups in total. The summed E-state index contributed by atoms with van der Waals surface area (Å²) in [6.07, 6.45) is 0.606. The fourth-order valence-electron chi connectivity index (χ4n) is 2.40. The van der Waals surface area contributed by atoms with E-state index >= 15 is 0 Å². The number of nitrogens with zero attached hydrogens (tertiary/aromatic N) is 1. The van der Waals surface area contributed by atoms with Crippen LogP contribution in [0.4, 0.5) is 4.39 Å². The molecule has 1 atom stereocenters. The first kappa shape index (κ1) is 15.4. The summed E-state index contributed by atoms with van der Waals surface area (Å²) in [5, 5.41) is 0.0486. The maximum absolute atomic E-state index is 13.8. The van der Waals surface area contributed by atoms with Gasteiger partial charge >= 0.3 is 0 Å². The number of morpholine rings is 1. The highest BCUT2D eigenvalue weighted by molar-refractivity contribution is 6.30. The van der Waals surface area contributed by atoms with E-state index in [1.807, 2.05) is 0 Å². The summed E-state index contributed by atoms with van der Waals surface area (Å²) in [5.41, 5.74) is 0.332. The normalized spacial score (nSPS) is 20.1. The molecule has 1 saturated heterocycles. The molecule has 0 aliphatic carbocycles. The van der Waals surface area contributed by atoms with Crippen LogP contribution >= 0.6 is 11.6 Å². The van der Waals surface area contributed by atoms with Crippen LogP contribution in [0, 0.1) is 5.82 Å². The van der Waals surface area contributed by atoms with E-state index < -0.39 is 11.9 Å². The second-order valence-electron chi connectivity index (χ2n) is 5.02. The Labute approximate surface area is 123 Å². The van der Waals surface area contributed by atoms with Gasteiger partial charge < -0.3 is 4.74 Å². The van der Waals surface area contributed by atoms with Gasteiger partial charge in [-0.25, -0.2) is 4.39 Å². The Morgan fingerprint density at radius 1 is 1.55 bits per heavy atom. The van der Waals surface area contributed by atoms with Gasteiger partial charge in [0.1, 0.15) is 11.9 Å². The highest BCUT2D eigenvalue weighted by Gasteiger charge is 2.26. The number of hydrogen-bond acceptors (Lipinski definition) is 3. The summed E-state index contributed by atoms with van der Waals surface area (Å²) in [5.74, 6) is -0.601. The third-order valence-corrected chi connectivity index (χ3v) is 3.74. The summed E-state index contributed by atoms with van der Waals surface area (Å²) in [7, 11) is 0. The number of ketones is 1. The van der Waals surface area contributed by atoms with Crippen molar-refractivity contribution in [3.8, 4) is 0 Å². The maximum Gasteiger partial charge on any atom is 0.167 e. The van der Waals surface area contributed by atoms with Crippen molar-refractivity contribution in [1.82, 2.24) is 4.90 Å². The standard InChI is InChI=1S/C15H19ClFNO2/c1-2-6-18-7-8-20-14(10-18)13(19)9-11-4-3-5-12(16)15(11)17/h3-5,14H,2,6-10H2,1H3. The molecule has 5 heteroatoms. The number of carbonyl (C=O) groups is 1. The third-order valence-electron chi connectivity index (χ3n) is 3.45. The quantitative estimate of drug-likeness (QED) is 0.837. The van der Waals surface area contributed by atoms with Crippen molar-refractivity contribution in [2.75, 3.05) is 26.2 Å². The van der Waals surface area contributed by atoms with Crippen LogP contribution in [0.5, 0.6) is 0 Å². The fourth-order valence-corrected chi connectivity index (χ4v) is 2.60. The Morgan fingerprint density at radius 2 is 2.35 bits per heavy atom. The molecule has 1 unspecified atom stereocenters. The van der Waals surface area contributed by atoms with E-state index in [9.17, 15) is 9.18 Å². The van der Waals surface area contributed by atoms with Crippen molar-refractivity contribution in [2.45, 2.75) is 25.9 Å². The molecule has 0 radical (unpaired) electrons. The molecule has 3 nitrogen and oxygen atoms in total. The lowest BCUT2D eigenvalue weighted by atomic mass is 10.0. The molecule has 1 aliphatic rings. The molecular formula is C15H19ClFNO2. The first-order valence-corrected chi connectivity index (χ1v) is 7.29. The third kappa shape index (κ3) is 3.78. The number of halogens is 2. The van der Waals surface area contributed by atoms with E-state index in [1.54, 1.807) is 12.1 Å². The largest absolute Gasteiger partial charge is 0.368 e. The van der Waals surface area contributed by atoms with Gasteiger partial charge in [-0.05, 0) is 24.6 Å². The molecule has 1 aromatic rings. The Morgan fingerprint density at radius 3 is 3.10 bits per heavy atom. The number of ether oxygens (including phenoxy) is 1. The van der Waals surface area contributed by atoms with Crippen molar-refractivity contribution >= 4 is 17.4 Å². The van der Waals surface area contributed by atoms with Crippen LogP contribution in [0.15, 0.2) is 18.2 Å². The van der Waals surface area contributed by atoms with Gasteiger partial charge in [-0.15, -0.1) is 0 Å². The molecule has 0 amide bonds. The van der Waals surface area contributed by atoms with E-state index in [4.69, 9.17) is 16.3 Å². The van der Waals surface area contributed by atoms with Crippen molar-refractivity contribution in [3.05, 3.63) is 34.6 Å². The van der Waals surface area contributed by atoms with E-state index in [1.165, 1.54) is 6.07 Å². The summed E-state index contributed by atoms with van der Waals surface area (Å²) in [6, 6.07) is 4.72. The molecule has 110 valence electrons. The van der Waals surface area contributed by atoms with Crippen LogP contribution in [-0.2, 0) is 16.0 Å². The summed E-state index contributed by atoms with van der Waals surface area (Å²) in [6.45, 7) is 5.05. The number of benzene rings is 1. The van der Waals surface area contributed by atoms with Crippen molar-refractivity contribution in [1.29, 1.82) is 0 Å². The van der Waals surface area contributed by atoms with E-state index in [0.717, 1.165) is 19.5 Å². The number of Topliss-reactive ketones (excluding diaryl/α,β-unsaturated/α-hetero) is 1. The van der Waals surface area contributed by atoms with Crippen LogP contribution in [-0.4, -0.2) is 43.0 Å². The Hall–Kier alpha value is -0.970. The molecule has 2 rings (SSSR count). The molecule has 1 aromatic carbocycles. The van der Waals surface area contributed by atoms with Gasteiger partial charge in [-0.2, -0.15) is 0 Å². The van der Waals surface area contributed by atoms with E-state index in [2.05, 4.69) is 11.8 Å². The Balaban J connectivity index is 1.99. The lowest BCUT2D eigenvalue weighted by Crippen LogP contribution is -2.46. The number of hydrogen-bond donors (Lipinski definition) is 0. The smallest absolute Gasteiger partial charge is 0.167 e. The summed E-state index contributed by atoms with van der Waals surface area (Å²) < 4.78 is 19.3. The monoisotopic (exact) mass is 299 g/mol. The zero-order chi connectivity index (χ0) is 14.5. The van der Waals surface area contributed by atoms with Gasteiger partial charge in [0.05, 0.1) is 11.6 Å². The van der Waals surface area contributed by atoms with Gasteiger partial charge in [-0.3, -0.25) is 9.69 Å². The lowest BCUT2D eigenvalue weighted by Gasteiger charge is -2.31. The maximum atomic E-state index is 13.8. The van der Waals surface area contributed by atoms with Crippen molar-refractivity contribution in [3.63, 3.8) is 0 Å². The Bertz CT molecular complexity index is 479. The average Bonchev–Trinajstić information content (AvgIpc) is 2.44. The van der Waals surface area contributed by atoms with Gasteiger partial charge in [0.15, 0.2) is 5.78 Å². The van der Waals surface area contributed by atoms with Gasteiger partial charge in [-0.1, -0.05) is 30.7 Å². The number of rotatable bonds is 5. The van der Waals surface area contributed by atoms with Crippen LogP contribution in [0.1, 0.15) is 18.9 Å². The van der Waals surface area contributed by atoms with Crippen LogP contribution in [0.2, 0.25) is 5.02 Å². The summed E-state index contributed by atoms with van der Waals surface area (Å²) >= 11 is 5.72. The molecule has 20 heavy (non-hydrogen) atoms. The minimum Gasteiger partial charge on any atom is -0.368 e. The fraction of sp³-hybridized carbons (Fsp3) is 0.533. The number of carbonyl (C=O) groups excluding carboxylic acids is 1. The highest BCUT2D eigenvalue weighted by atomic mass is 35.5. The first-order chi connectivity index (χ1) is 9.61.